The van der Waals surface area contributed by atoms with Crippen LogP contribution in [-0.4, -0.2) is 30.3 Å². The zero-order chi connectivity index (χ0) is 14.7. The lowest BCUT2D eigenvalue weighted by Gasteiger charge is -2.10. The average molecular weight is 275 g/mol. The molecule has 0 bridgehead atoms. The first-order valence-corrected chi connectivity index (χ1v) is 5.75. The highest BCUT2D eigenvalue weighted by Gasteiger charge is 2.13. The molecule has 20 heavy (non-hydrogen) atoms. The van der Waals surface area contributed by atoms with Crippen LogP contribution in [-0.2, 0) is 0 Å². The SMILES string of the molecule is COc1ccc(-c2c[nH]c(=O)c(C(=O)O)c2)c(OC)c1. The van der Waals surface area contributed by atoms with Crippen LogP contribution >= 0.6 is 0 Å². The van der Waals surface area contributed by atoms with Crippen LogP contribution in [0.25, 0.3) is 11.1 Å². The molecule has 0 saturated carbocycles. The number of carboxylic acid groups (broad SMARTS) is 1. The van der Waals surface area contributed by atoms with Gasteiger partial charge in [-0.1, -0.05) is 0 Å². The van der Waals surface area contributed by atoms with E-state index in [0.717, 1.165) is 0 Å². The van der Waals surface area contributed by atoms with E-state index < -0.39 is 11.5 Å². The lowest BCUT2D eigenvalue weighted by atomic mass is 10.0. The van der Waals surface area contributed by atoms with E-state index in [0.29, 0.717) is 22.6 Å². The molecule has 0 amide bonds. The molecular weight excluding hydrogens is 262 g/mol. The Bertz CT molecular complexity index is 705. The van der Waals surface area contributed by atoms with Crippen LogP contribution in [0, 0.1) is 0 Å². The number of aromatic nitrogens is 1. The van der Waals surface area contributed by atoms with Crippen LogP contribution < -0.4 is 15.0 Å². The number of hydrogen-bond donors (Lipinski definition) is 2. The van der Waals surface area contributed by atoms with E-state index in [2.05, 4.69) is 4.98 Å². The molecule has 1 heterocycles. The minimum Gasteiger partial charge on any atom is -0.497 e. The molecule has 0 fully saturated rings. The monoisotopic (exact) mass is 275 g/mol. The first-order chi connectivity index (χ1) is 9.56. The molecule has 0 radical (unpaired) electrons. The number of pyridine rings is 1. The molecule has 0 unspecified atom stereocenters. The second-order valence-electron chi connectivity index (χ2n) is 4.00. The van der Waals surface area contributed by atoms with Crippen molar-refractivity contribution >= 4 is 5.97 Å². The van der Waals surface area contributed by atoms with E-state index in [1.54, 1.807) is 18.2 Å². The van der Waals surface area contributed by atoms with Crippen LogP contribution in [0.15, 0.2) is 35.3 Å². The van der Waals surface area contributed by atoms with Crippen molar-refractivity contribution in [3.63, 3.8) is 0 Å². The maximum Gasteiger partial charge on any atom is 0.341 e. The third-order valence-corrected chi connectivity index (χ3v) is 2.85. The summed E-state index contributed by atoms with van der Waals surface area (Å²) in [6.45, 7) is 0. The Morgan fingerprint density at radius 2 is 1.95 bits per heavy atom. The molecule has 0 aliphatic rings. The van der Waals surface area contributed by atoms with E-state index in [4.69, 9.17) is 14.6 Å². The number of benzene rings is 1. The Morgan fingerprint density at radius 1 is 1.20 bits per heavy atom. The summed E-state index contributed by atoms with van der Waals surface area (Å²) in [5.74, 6) is -0.137. The Balaban J connectivity index is 2.59. The van der Waals surface area contributed by atoms with Crippen molar-refractivity contribution < 1.29 is 19.4 Å². The van der Waals surface area contributed by atoms with Gasteiger partial charge < -0.3 is 19.6 Å². The number of aromatic amines is 1. The summed E-state index contributed by atoms with van der Waals surface area (Å²) >= 11 is 0. The normalized spacial score (nSPS) is 10.1. The minimum atomic E-state index is -1.28. The number of rotatable bonds is 4. The highest BCUT2D eigenvalue weighted by Crippen LogP contribution is 2.32. The summed E-state index contributed by atoms with van der Waals surface area (Å²) in [6.07, 6.45) is 1.44. The first kappa shape index (κ1) is 13.7. The fourth-order valence-electron chi connectivity index (χ4n) is 1.84. The number of aromatic carboxylic acids is 1. The van der Waals surface area contributed by atoms with Gasteiger partial charge in [0.2, 0.25) is 0 Å². The first-order valence-electron chi connectivity index (χ1n) is 5.75. The van der Waals surface area contributed by atoms with Gasteiger partial charge >= 0.3 is 5.97 Å². The molecule has 0 atom stereocenters. The number of H-pyrrole nitrogens is 1. The van der Waals surface area contributed by atoms with E-state index in [9.17, 15) is 9.59 Å². The lowest BCUT2D eigenvalue weighted by Crippen LogP contribution is -2.16. The van der Waals surface area contributed by atoms with Crippen molar-refractivity contribution in [2.75, 3.05) is 14.2 Å². The maximum absolute atomic E-state index is 11.4. The molecule has 2 N–H and O–H groups in total. The predicted octanol–water partition coefficient (Wildman–Crippen LogP) is 1.76. The average Bonchev–Trinajstić information content (AvgIpc) is 2.46. The number of hydrogen-bond acceptors (Lipinski definition) is 4. The fourth-order valence-corrected chi connectivity index (χ4v) is 1.84. The van der Waals surface area contributed by atoms with E-state index in [1.807, 2.05) is 0 Å². The van der Waals surface area contributed by atoms with Crippen LogP contribution in [0.3, 0.4) is 0 Å². The van der Waals surface area contributed by atoms with Crippen molar-refractivity contribution in [1.82, 2.24) is 4.98 Å². The van der Waals surface area contributed by atoms with Crippen molar-refractivity contribution in [3.05, 3.63) is 46.4 Å². The second-order valence-corrected chi connectivity index (χ2v) is 4.00. The number of carbonyl (C=O) groups is 1. The molecule has 104 valence electrons. The summed E-state index contributed by atoms with van der Waals surface area (Å²) in [4.78, 5) is 24.8. The summed E-state index contributed by atoms with van der Waals surface area (Å²) in [5.41, 5.74) is 0.239. The number of carboxylic acids is 1. The van der Waals surface area contributed by atoms with Gasteiger partial charge in [-0.25, -0.2) is 4.79 Å². The maximum atomic E-state index is 11.4. The van der Waals surface area contributed by atoms with Gasteiger partial charge in [0.1, 0.15) is 17.1 Å². The molecule has 6 heteroatoms. The Morgan fingerprint density at radius 3 is 2.55 bits per heavy atom. The number of ether oxygens (including phenoxy) is 2. The zero-order valence-electron chi connectivity index (χ0n) is 11.0. The highest BCUT2D eigenvalue weighted by molar-refractivity contribution is 5.89. The smallest absolute Gasteiger partial charge is 0.341 e. The Hall–Kier alpha value is -2.76. The summed E-state index contributed by atoms with van der Waals surface area (Å²) in [5, 5.41) is 8.97. The van der Waals surface area contributed by atoms with Crippen molar-refractivity contribution in [2.45, 2.75) is 0 Å². The summed E-state index contributed by atoms with van der Waals surface area (Å²) in [7, 11) is 3.04. The zero-order valence-corrected chi connectivity index (χ0v) is 11.0. The van der Waals surface area contributed by atoms with Gasteiger partial charge in [-0.2, -0.15) is 0 Å². The molecule has 0 aliphatic carbocycles. The molecule has 2 aromatic rings. The van der Waals surface area contributed by atoms with Crippen molar-refractivity contribution in [1.29, 1.82) is 0 Å². The predicted molar refractivity (Wildman–Crippen MR) is 72.6 cm³/mol. The van der Waals surface area contributed by atoms with E-state index in [1.165, 1.54) is 26.5 Å². The summed E-state index contributed by atoms with van der Waals surface area (Å²) in [6, 6.07) is 6.45. The molecule has 2 rings (SSSR count). The van der Waals surface area contributed by atoms with Crippen LogP contribution in [0.1, 0.15) is 10.4 Å². The van der Waals surface area contributed by atoms with E-state index >= 15 is 0 Å². The molecular formula is C14H13NO5. The molecule has 0 spiro atoms. The Labute approximate surface area is 114 Å². The van der Waals surface area contributed by atoms with Gasteiger partial charge in [0.05, 0.1) is 14.2 Å². The van der Waals surface area contributed by atoms with Crippen molar-refractivity contribution in [2.24, 2.45) is 0 Å². The van der Waals surface area contributed by atoms with E-state index in [-0.39, 0.29) is 5.56 Å². The van der Waals surface area contributed by atoms with Gasteiger partial charge in [-0.15, -0.1) is 0 Å². The third-order valence-electron chi connectivity index (χ3n) is 2.85. The van der Waals surface area contributed by atoms with Crippen LogP contribution in [0.4, 0.5) is 0 Å². The van der Waals surface area contributed by atoms with Gasteiger partial charge in [0, 0.05) is 23.4 Å². The fraction of sp³-hybridized carbons (Fsp3) is 0.143. The molecule has 1 aromatic heterocycles. The third kappa shape index (κ3) is 2.49. The van der Waals surface area contributed by atoms with Crippen LogP contribution in [0.2, 0.25) is 0 Å². The highest BCUT2D eigenvalue weighted by atomic mass is 16.5. The Kier molecular flexibility index (Phi) is 3.74. The number of methoxy groups -OCH3 is 2. The van der Waals surface area contributed by atoms with Crippen LogP contribution in [0.5, 0.6) is 11.5 Å². The lowest BCUT2D eigenvalue weighted by molar-refractivity contribution is 0.0695. The van der Waals surface area contributed by atoms with Crippen molar-refractivity contribution in [3.8, 4) is 22.6 Å². The summed E-state index contributed by atoms with van der Waals surface area (Å²) < 4.78 is 10.4. The second kappa shape index (κ2) is 5.48. The van der Waals surface area contributed by atoms with Gasteiger partial charge in [-0.3, -0.25) is 4.79 Å². The number of nitrogens with one attached hydrogen (secondary N) is 1. The molecule has 0 saturated heterocycles. The largest absolute Gasteiger partial charge is 0.497 e. The van der Waals surface area contributed by atoms with Gasteiger partial charge in [0.15, 0.2) is 0 Å². The topological polar surface area (TPSA) is 88.6 Å². The molecule has 0 aliphatic heterocycles. The standard InChI is InChI=1S/C14H13NO5/c1-19-9-3-4-10(12(6-9)20-2)8-5-11(14(17)18)13(16)15-7-8/h3-7H,1-2H3,(H,15,16)(H,17,18). The van der Waals surface area contributed by atoms with Gasteiger partial charge in [-0.05, 0) is 18.2 Å². The van der Waals surface area contributed by atoms with Gasteiger partial charge in [0.25, 0.3) is 5.56 Å². The minimum absolute atomic E-state index is 0.319. The quantitative estimate of drug-likeness (QED) is 0.887. The molecule has 1 aromatic carbocycles. The molecule has 6 nitrogen and oxygen atoms in total.